The minimum Gasteiger partial charge on any atom is -0.478 e. The van der Waals surface area contributed by atoms with Gasteiger partial charge in [0.2, 0.25) is 0 Å². The number of carboxylic acid groups (broad SMARTS) is 1. The Morgan fingerprint density at radius 1 is 1.56 bits per heavy atom. The summed E-state index contributed by atoms with van der Waals surface area (Å²) in [7, 11) is 1.50. The van der Waals surface area contributed by atoms with Gasteiger partial charge in [-0.3, -0.25) is 0 Å². The Kier molecular flexibility index (Phi) is 3.95. The molecule has 16 heavy (non-hydrogen) atoms. The van der Waals surface area contributed by atoms with Gasteiger partial charge in [0.1, 0.15) is 0 Å². The smallest absolute Gasteiger partial charge is 0.367 e. The molecule has 0 aliphatic heterocycles. The van der Waals surface area contributed by atoms with E-state index in [-0.39, 0.29) is 12.1 Å². The van der Waals surface area contributed by atoms with Crippen molar-refractivity contribution in [1.29, 1.82) is 0 Å². The molecule has 1 heterocycles. The third-order valence-corrected chi connectivity index (χ3v) is 1.82. The molecule has 8 heteroatoms. The van der Waals surface area contributed by atoms with Crippen LogP contribution in [0.1, 0.15) is 6.92 Å². The van der Waals surface area contributed by atoms with Crippen LogP contribution in [0.5, 0.6) is 0 Å². The van der Waals surface area contributed by atoms with Crippen LogP contribution < -0.4 is 5.69 Å². The number of hydrogen-bond donors (Lipinski definition) is 1. The zero-order chi connectivity index (χ0) is 12.1. The first-order valence-electron chi connectivity index (χ1n) is 4.49. The third kappa shape index (κ3) is 2.76. The Bertz CT molecular complexity index is 459. The Balaban J connectivity index is 2.92. The van der Waals surface area contributed by atoms with E-state index in [0.717, 1.165) is 15.6 Å². The SMILES string of the molecule is COCCn1nnn(C=C(C)C(=O)O)c1=O. The van der Waals surface area contributed by atoms with E-state index in [1.54, 1.807) is 0 Å². The lowest BCUT2D eigenvalue weighted by Gasteiger charge is -1.95. The number of aliphatic carboxylic acids is 1. The van der Waals surface area contributed by atoms with Crippen LogP contribution in [0.4, 0.5) is 0 Å². The van der Waals surface area contributed by atoms with Crippen LogP contribution in [-0.4, -0.2) is 44.6 Å². The van der Waals surface area contributed by atoms with Crippen LogP contribution in [0.15, 0.2) is 10.4 Å². The highest BCUT2D eigenvalue weighted by Gasteiger charge is 2.06. The molecule has 1 aromatic heterocycles. The largest absolute Gasteiger partial charge is 0.478 e. The fraction of sp³-hybridized carbons (Fsp3) is 0.500. The molecule has 0 radical (unpaired) electrons. The first kappa shape index (κ1) is 12.1. The first-order valence-corrected chi connectivity index (χ1v) is 4.49. The predicted molar refractivity (Wildman–Crippen MR) is 53.7 cm³/mol. The molecule has 0 bridgehead atoms. The van der Waals surface area contributed by atoms with Gasteiger partial charge in [-0.25, -0.2) is 9.59 Å². The fourth-order valence-corrected chi connectivity index (χ4v) is 0.924. The van der Waals surface area contributed by atoms with Gasteiger partial charge in [0.15, 0.2) is 0 Å². The Morgan fingerprint density at radius 2 is 2.25 bits per heavy atom. The van der Waals surface area contributed by atoms with E-state index in [1.807, 2.05) is 0 Å². The predicted octanol–water partition coefficient (Wildman–Crippen LogP) is -0.968. The van der Waals surface area contributed by atoms with Gasteiger partial charge in [0.25, 0.3) is 0 Å². The average Bonchev–Trinajstić information content (AvgIpc) is 2.57. The van der Waals surface area contributed by atoms with E-state index in [0.29, 0.717) is 6.61 Å². The Hall–Kier alpha value is -1.96. The van der Waals surface area contributed by atoms with E-state index in [2.05, 4.69) is 10.4 Å². The molecule has 1 N–H and O–H groups in total. The second-order valence-corrected chi connectivity index (χ2v) is 3.04. The molecule has 0 fully saturated rings. The van der Waals surface area contributed by atoms with Gasteiger partial charge < -0.3 is 9.84 Å². The summed E-state index contributed by atoms with van der Waals surface area (Å²) in [4.78, 5) is 22.1. The molecular weight excluding hydrogens is 216 g/mol. The van der Waals surface area contributed by atoms with Crippen molar-refractivity contribution in [2.24, 2.45) is 0 Å². The van der Waals surface area contributed by atoms with Crippen molar-refractivity contribution in [3.63, 3.8) is 0 Å². The number of methoxy groups -OCH3 is 1. The second kappa shape index (κ2) is 5.21. The quantitative estimate of drug-likeness (QED) is 0.651. The minimum atomic E-state index is -1.11. The number of tetrazole rings is 1. The highest BCUT2D eigenvalue weighted by molar-refractivity contribution is 5.89. The summed E-state index contributed by atoms with van der Waals surface area (Å²) < 4.78 is 6.75. The maximum Gasteiger partial charge on any atom is 0.367 e. The molecule has 0 aliphatic rings. The highest BCUT2D eigenvalue weighted by Crippen LogP contribution is 1.92. The molecule has 1 aromatic rings. The van der Waals surface area contributed by atoms with Gasteiger partial charge in [-0.15, -0.1) is 0 Å². The molecule has 0 atom stereocenters. The summed E-state index contributed by atoms with van der Waals surface area (Å²) >= 11 is 0. The molecule has 0 aliphatic carbocycles. The second-order valence-electron chi connectivity index (χ2n) is 3.04. The number of carbonyl (C=O) groups is 1. The zero-order valence-electron chi connectivity index (χ0n) is 8.95. The fourth-order valence-electron chi connectivity index (χ4n) is 0.924. The molecule has 0 unspecified atom stereocenters. The lowest BCUT2D eigenvalue weighted by atomic mass is 10.3. The van der Waals surface area contributed by atoms with Crippen molar-refractivity contribution in [2.45, 2.75) is 13.5 Å². The number of ether oxygens (including phenoxy) is 1. The van der Waals surface area contributed by atoms with E-state index in [4.69, 9.17) is 9.84 Å². The Labute approximate surface area is 90.7 Å². The van der Waals surface area contributed by atoms with Gasteiger partial charge in [-0.05, 0) is 17.4 Å². The maximum absolute atomic E-state index is 11.5. The number of aromatic nitrogens is 4. The van der Waals surface area contributed by atoms with Crippen LogP contribution in [0, 0.1) is 0 Å². The minimum absolute atomic E-state index is 0.000825. The summed E-state index contributed by atoms with van der Waals surface area (Å²) in [5, 5.41) is 15.7. The van der Waals surface area contributed by atoms with E-state index in [9.17, 15) is 9.59 Å². The molecule has 0 aromatic carbocycles. The zero-order valence-corrected chi connectivity index (χ0v) is 8.95. The molecular formula is C8H12N4O4. The molecule has 8 nitrogen and oxygen atoms in total. The summed E-state index contributed by atoms with van der Waals surface area (Å²) in [6, 6.07) is 0. The molecule has 0 saturated heterocycles. The molecule has 0 spiro atoms. The first-order chi connectivity index (χ1) is 7.56. The highest BCUT2D eigenvalue weighted by atomic mass is 16.5. The van der Waals surface area contributed by atoms with Gasteiger partial charge in [-0.2, -0.15) is 9.36 Å². The van der Waals surface area contributed by atoms with Crippen molar-refractivity contribution in [3.8, 4) is 0 Å². The van der Waals surface area contributed by atoms with E-state index < -0.39 is 11.7 Å². The lowest BCUT2D eigenvalue weighted by Crippen LogP contribution is -2.24. The van der Waals surface area contributed by atoms with Crippen molar-refractivity contribution in [2.75, 3.05) is 13.7 Å². The van der Waals surface area contributed by atoms with Crippen LogP contribution in [0.2, 0.25) is 0 Å². The topological polar surface area (TPSA) is 99.2 Å². The van der Waals surface area contributed by atoms with Crippen LogP contribution >= 0.6 is 0 Å². The number of carboxylic acids is 1. The maximum atomic E-state index is 11.5. The summed E-state index contributed by atoms with van der Waals surface area (Å²) in [5.41, 5.74) is -0.501. The number of rotatable bonds is 5. The lowest BCUT2D eigenvalue weighted by molar-refractivity contribution is -0.132. The monoisotopic (exact) mass is 228 g/mol. The van der Waals surface area contributed by atoms with Crippen molar-refractivity contribution in [1.82, 2.24) is 19.8 Å². The van der Waals surface area contributed by atoms with Crippen LogP contribution in [0.3, 0.4) is 0 Å². The van der Waals surface area contributed by atoms with Crippen molar-refractivity contribution >= 4 is 12.2 Å². The number of hydrogen-bond acceptors (Lipinski definition) is 5. The number of nitrogens with zero attached hydrogens (tertiary/aromatic N) is 4. The normalized spacial score (nSPS) is 11.8. The molecule has 0 amide bonds. The van der Waals surface area contributed by atoms with E-state index >= 15 is 0 Å². The summed E-state index contributed by atoms with van der Waals surface area (Å²) in [6.07, 6.45) is 1.11. The molecule has 0 saturated carbocycles. The van der Waals surface area contributed by atoms with Crippen LogP contribution in [-0.2, 0) is 16.1 Å². The Morgan fingerprint density at radius 3 is 2.81 bits per heavy atom. The summed E-state index contributed by atoms with van der Waals surface area (Å²) in [5.74, 6) is -1.11. The van der Waals surface area contributed by atoms with Gasteiger partial charge in [0.05, 0.1) is 18.7 Å². The van der Waals surface area contributed by atoms with Gasteiger partial charge in [-0.1, -0.05) is 0 Å². The van der Waals surface area contributed by atoms with E-state index in [1.165, 1.54) is 14.0 Å². The standard InChI is InChI=1S/C8H12N4O4/c1-6(7(13)14)5-12-8(15)11(9-10-12)3-4-16-2/h5H,3-4H2,1-2H3,(H,13,14). The average molecular weight is 228 g/mol. The van der Waals surface area contributed by atoms with Crippen molar-refractivity contribution in [3.05, 3.63) is 16.1 Å². The van der Waals surface area contributed by atoms with Crippen LogP contribution in [0.25, 0.3) is 6.20 Å². The molecule has 88 valence electrons. The van der Waals surface area contributed by atoms with Crippen molar-refractivity contribution < 1.29 is 14.6 Å². The molecule has 1 rings (SSSR count). The summed E-state index contributed by atoms with van der Waals surface area (Å²) in [6.45, 7) is 1.97. The van der Waals surface area contributed by atoms with Gasteiger partial charge >= 0.3 is 11.7 Å². The van der Waals surface area contributed by atoms with Gasteiger partial charge in [0, 0.05) is 13.3 Å². The third-order valence-electron chi connectivity index (χ3n) is 1.82.